The summed E-state index contributed by atoms with van der Waals surface area (Å²) >= 11 is 100.0. The van der Waals surface area contributed by atoms with Crippen molar-refractivity contribution in [2.24, 2.45) is 20.0 Å². The first-order valence-electron chi connectivity index (χ1n) is 23.0. The number of carbonyl (C=O) groups excluding carboxylic acids is 4. The molecule has 28 heteroatoms. The molecule has 0 fully saturated rings. The van der Waals surface area contributed by atoms with Crippen molar-refractivity contribution in [3.63, 3.8) is 0 Å². The van der Waals surface area contributed by atoms with E-state index in [9.17, 15) is 19.2 Å². The minimum absolute atomic E-state index is 0.00171. The zero-order valence-corrected chi connectivity index (χ0v) is 53.9. The van der Waals surface area contributed by atoms with Gasteiger partial charge in [0.25, 0.3) is 23.6 Å². The van der Waals surface area contributed by atoms with E-state index in [0.717, 1.165) is 16.7 Å². The molecule has 80 heavy (non-hydrogen) atoms. The van der Waals surface area contributed by atoms with Crippen LogP contribution in [0.3, 0.4) is 0 Å². The number of benzene rings is 6. The fourth-order valence-corrected chi connectivity index (χ4v) is 12.4. The molecule has 0 saturated carbocycles. The van der Waals surface area contributed by atoms with Crippen LogP contribution in [-0.2, 0) is 0 Å². The molecule has 4 N–H and O–H groups in total. The first-order valence-corrected chi connectivity index (χ1v) is 29.0. The van der Waals surface area contributed by atoms with Crippen LogP contribution in [-0.4, -0.2) is 47.0 Å². The van der Waals surface area contributed by atoms with Crippen LogP contribution in [0.15, 0.2) is 44.2 Å². The van der Waals surface area contributed by atoms with Crippen LogP contribution in [0, 0.1) is 27.7 Å². The Kier molecular flexibility index (Phi) is 20.3. The number of carbonyl (C=O) groups is 4. The lowest BCUT2D eigenvalue weighted by atomic mass is 9.96. The van der Waals surface area contributed by atoms with Gasteiger partial charge in [-0.1, -0.05) is 213 Å². The number of halogens is 16. The smallest absolute Gasteiger partial charge is 0.259 e. The number of nitrogens with zero attached hydrogens (tertiary/aromatic N) is 4. The van der Waals surface area contributed by atoms with Gasteiger partial charge in [0.2, 0.25) is 0 Å². The van der Waals surface area contributed by atoms with Crippen molar-refractivity contribution in [3.05, 3.63) is 171 Å². The minimum Gasteiger partial charge on any atom is -0.306 e. The molecule has 0 saturated heterocycles. The molecule has 4 aliphatic heterocycles. The summed E-state index contributed by atoms with van der Waals surface area (Å²) in [6.07, 6.45) is 0. The van der Waals surface area contributed by atoms with Gasteiger partial charge in [-0.25, -0.2) is 20.0 Å². The predicted molar refractivity (Wildman–Crippen MR) is 335 cm³/mol. The van der Waals surface area contributed by atoms with E-state index in [1.807, 2.05) is 48.5 Å². The molecule has 0 spiro atoms. The summed E-state index contributed by atoms with van der Waals surface area (Å²) in [6, 6.07) is 6.52. The average Bonchev–Trinajstić information content (AvgIpc) is 4.17. The van der Waals surface area contributed by atoms with Crippen molar-refractivity contribution in [1.29, 1.82) is 0 Å². The normalized spacial score (nSPS) is 15.6. The maximum Gasteiger partial charge on any atom is 0.259 e. The van der Waals surface area contributed by atoms with E-state index in [4.69, 9.17) is 196 Å². The first kappa shape index (κ1) is 64.1. The van der Waals surface area contributed by atoms with Gasteiger partial charge < -0.3 is 21.3 Å². The summed E-state index contributed by atoms with van der Waals surface area (Å²) in [7, 11) is 0. The summed E-state index contributed by atoms with van der Waals surface area (Å²) in [5, 5.41) is 10.6. The Morgan fingerprint density at radius 3 is 0.662 bits per heavy atom. The average molecular weight is 1400 g/mol. The van der Waals surface area contributed by atoms with Gasteiger partial charge in [-0.3, -0.25) is 19.2 Å². The third kappa shape index (κ3) is 11.1. The summed E-state index contributed by atoms with van der Waals surface area (Å²) in [4.78, 5) is 68.9. The van der Waals surface area contributed by atoms with Gasteiger partial charge in [0, 0.05) is 5.56 Å². The Labute approximate surface area is 537 Å². The molecule has 6 aromatic carbocycles. The van der Waals surface area contributed by atoms with Gasteiger partial charge in [-0.2, -0.15) is 0 Å². The topological polar surface area (TPSA) is 166 Å². The lowest BCUT2D eigenvalue weighted by molar-refractivity contribution is 0.0975. The van der Waals surface area contributed by atoms with Crippen molar-refractivity contribution in [2.75, 3.05) is 0 Å². The van der Waals surface area contributed by atoms with Crippen LogP contribution in [0.4, 0.5) is 22.7 Å². The molecule has 4 aliphatic rings. The first-order chi connectivity index (χ1) is 37.7. The Morgan fingerprint density at radius 1 is 0.263 bits per heavy atom. The second kappa shape index (κ2) is 25.4. The van der Waals surface area contributed by atoms with Crippen LogP contribution in [0.1, 0.15) is 114 Å². The monoisotopic (exact) mass is 1390 g/mol. The molecule has 4 amide bonds. The molecule has 10 rings (SSSR count). The van der Waals surface area contributed by atoms with E-state index in [0.29, 0.717) is 28.3 Å². The third-order valence-corrected chi connectivity index (χ3v) is 19.4. The van der Waals surface area contributed by atoms with Crippen LogP contribution < -0.4 is 21.3 Å². The molecule has 416 valence electrons. The Hall–Kier alpha value is -3.48. The molecule has 0 unspecified atom stereocenters. The number of amides is 4. The van der Waals surface area contributed by atoms with Crippen LogP contribution >= 0.6 is 186 Å². The maximum atomic E-state index is 12.8. The molecule has 0 aromatic heterocycles. The Balaban J connectivity index is 0.000000219. The standard InChI is InChI=1S/C26H14Cl8N4O2.C22H6Cl8N4O2.2C2H6/c1-5-6(2)21(35-23-9-11(25(39)37-23)15(29)19(33)17(31)13(9)27)8(4)22(7(5)3)36-24-10-12(26(40)38-24)16(30)20(34)18(32)14(10)28;23-11-7-9(13(25)17(29)15(11)27)21(35)33-19(7)31-5-1-2-6(4-3-5)32-20-8-10(22(36)34-20)14(26)18(30)16(28)12(8)24;2*1-2/h1-4H3,(H,35,37,39)(H,36,38,40);1-4H,(H,31,33,35)(H,32,34,36);2*1-2H3. The lowest BCUT2D eigenvalue weighted by Crippen LogP contribution is -2.22. The Morgan fingerprint density at radius 2 is 0.450 bits per heavy atom. The van der Waals surface area contributed by atoms with Crippen LogP contribution in [0.2, 0.25) is 80.4 Å². The van der Waals surface area contributed by atoms with Crippen molar-refractivity contribution in [2.45, 2.75) is 55.4 Å². The molecule has 0 atom stereocenters. The zero-order valence-electron chi connectivity index (χ0n) is 41.8. The molecular formula is C52H32Cl16N8O4. The van der Waals surface area contributed by atoms with Crippen molar-refractivity contribution >= 4 is 255 Å². The van der Waals surface area contributed by atoms with E-state index in [1.54, 1.807) is 31.2 Å². The van der Waals surface area contributed by atoms with Gasteiger partial charge >= 0.3 is 0 Å². The molecular weight excluding hydrogens is 1370 g/mol. The highest BCUT2D eigenvalue weighted by molar-refractivity contribution is 6.59. The van der Waals surface area contributed by atoms with Crippen molar-refractivity contribution < 1.29 is 19.2 Å². The molecule has 4 heterocycles. The van der Waals surface area contributed by atoms with Gasteiger partial charge in [0.05, 0.1) is 148 Å². The molecule has 6 aromatic rings. The number of fused-ring (bicyclic) bond motifs is 4. The zero-order chi connectivity index (χ0) is 59.6. The lowest BCUT2D eigenvalue weighted by Gasteiger charge is -2.17. The number of aliphatic imine (C=N–C) groups is 4. The highest BCUT2D eigenvalue weighted by Gasteiger charge is 2.38. The SMILES string of the molecule is CC.CC.Cc1c(C)c(N=C2NC(=O)c3c(Cl)c(Cl)c(Cl)c(Cl)c32)c(C)c(N=C2NC(=O)c3c(Cl)c(Cl)c(Cl)c(Cl)c32)c1C.O=C1NC(=Nc2ccc(N=C3NC(=O)c4c(Cl)c(Cl)c(Cl)c(Cl)c43)cc2)c2c(Cl)c(Cl)c(Cl)c(Cl)c21. The molecule has 0 bridgehead atoms. The second-order valence-corrected chi connectivity index (χ2v) is 22.4. The summed E-state index contributed by atoms with van der Waals surface area (Å²) < 4.78 is 0. The number of nitrogens with one attached hydrogen (secondary N) is 4. The van der Waals surface area contributed by atoms with Crippen molar-refractivity contribution in [3.8, 4) is 0 Å². The number of hydrogen-bond donors (Lipinski definition) is 4. The summed E-state index contributed by atoms with van der Waals surface area (Å²) in [6.45, 7) is 15.5. The fraction of sp³-hybridized carbons (Fsp3) is 0.154. The number of amidine groups is 4. The third-order valence-electron chi connectivity index (χ3n) is 12.2. The van der Waals surface area contributed by atoms with Crippen LogP contribution in [0.25, 0.3) is 0 Å². The second-order valence-electron chi connectivity index (χ2n) is 16.4. The predicted octanol–water partition coefficient (Wildman–Crippen LogP) is 20.4. The largest absolute Gasteiger partial charge is 0.306 e. The van der Waals surface area contributed by atoms with Crippen molar-refractivity contribution in [1.82, 2.24) is 21.3 Å². The minimum atomic E-state index is -0.522. The van der Waals surface area contributed by atoms with E-state index < -0.39 is 23.6 Å². The number of rotatable bonds is 4. The maximum absolute atomic E-state index is 12.8. The van der Waals surface area contributed by atoms with E-state index in [-0.39, 0.29) is 148 Å². The fourth-order valence-electron chi connectivity index (χ4n) is 8.26. The highest BCUT2D eigenvalue weighted by atomic mass is 35.5. The Bertz CT molecular complexity index is 3670. The highest BCUT2D eigenvalue weighted by Crippen LogP contribution is 2.49. The quantitative estimate of drug-likeness (QED) is 0.102. The van der Waals surface area contributed by atoms with Gasteiger partial charge in [-0.15, -0.1) is 0 Å². The van der Waals surface area contributed by atoms with E-state index >= 15 is 0 Å². The van der Waals surface area contributed by atoms with Crippen LogP contribution in [0.5, 0.6) is 0 Å². The van der Waals surface area contributed by atoms with Gasteiger partial charge in [-0.05, 0) is 68.7 Å². The van der Waals surface area contributed by atoms with E-state index in [1.165, 1.54) is 0 Å². The van der Waals surface area contributed by atoms with Gasteiger partial charge in [0.15, 0.2) is 0 Å². The summed E-state index contributed by atoms with van der Waals surface area (Å²) in [5.41, 5.74) is 6.36. The van der Waals surface area contributed by atoms with Gasteiger partial charge in [0.1, 0.15) is 23.3 Å². The molecule has 12 nitrogen and oxygen atoms in total. The summed E-state index contributed by atoms with van der Waals surface area (Å²) in [5.74, 6) is -1.46. The molecule has 0 radical (unpaired) electrons. The number of hydrogen-bond acceptors (Lipinski definition) is 8. The molecule has 0 aliphatic carbocycles. The van der Waals surface area contributed by atoms with E-state index in [2.05, 4.69) is 31.3 Å².